The number of benzene rings is 2. The van der Waals surface area contributed by atoms with Crippen LogP contribution in [0.1, 0.15) is 5.01 Å². The number of urea groups is 1. The van der Waals surface area contributed by atoms with Crippen molar-refractivity contribution in [2.24, 2.45) is 0 Å². The first kappa shape index (κ1) is 16.3. The van der Waals surface area contributed by atoms with Gasteiger partial charge in [0.15, 0.2) is 0 Å². The van der Waals surface area contributed by atoms with E-state index in [2.05, 4.69) is 10.3 Å². The number of rotatable bonds is 6. The van der Waals surface area contributed by atoms with E-state index in [1.807, 2.05) is 54.6 Å². The molecule has 0 aliphatic rings. The molecule has 2 aromatic carbocycles. The number of nitrogens with one attached hydrogen (secondary N) is 1. The van der Waals surface area contributed by atoms with Gasteiger partial charge >= 0.3 is 6.03 Å². The van der Waals surface area contributed by atoms with Crippen LogP contribution in [0, 0.1) is 0 Å². The van der Waals surface area contributed by atoms with Crippen molar-refractivity contribution in [3.05, 3.63) is 59.6 Å². The minimum Gasteiger partial charge on any atom is -0.492 e. The lowest BCUT2D eigenvalue weighted by molar-refractivity contribution is 0.195. The molecule has 0 radical (unpaired) electrons. The van der Waals surface area contributed by atoms with Crippen LogP contribution >= 0.6 is 11.3 Å². The maximum absolute atomic E-state index is 12.1. The Morgan fingerprint density at radius 1 is 1.17 bits per heavy atom. The summed E-state index contributed by atoms with van der Waals surface area (Å²) in [4.78, 5) is 18.2. The fraction of sp³-hybridized carbons (Fsp3) is 0.222. The normalized spacial score (nSPS) is 10.5. The molecular formula is C18H19N3O2S. The number of ether oxygens (including phenoxy) is 1. The van der Waals surface area contributed by atoms with Gasteiger partial charge in [-0.1, -0.05) is 30.3 Å². The van der Waals surface area contributed by atoms with Crippen LogP contribution < -0.4 is 10.1 Å². The van der Waals surface area contributed by atoms with Gasteiger partial charge in [0.05, 0.1) is 23.3 Å². The summed E-state index contributed by atoms with van der Waals surface area (Å²) in [6.45, 7) is 1.40. The molecule has 1 aromatic heterocycles. The van der Waals surface area contributed by atoms with Crippen molar-refractivity contribution in [3.8, 4) is 5.75 Å². The Labute approximate surface area is 144 Å². The van der Waals surface area contributed by atoms with Gasteiger partial charge in [-0.2, -0.15) is 0 Å². The minimum absolute atomic E-state index is 0.133. The molecule has 3 rings (SSSR count). The number of hydrogen-bond donors (Lipinski definition) is 1. The summed E-state index contributed by atoms with van der Waals surface area (Å²) < 4.78 is 6.73. The quantitative estimate of drug-likeness (QED) is 0.746. The van der Waals surface area contributed by atoms with Crippen molar-refractivity contribution in [2.75, 3.05) is 20.2 Å². The van der Waals surface area contributed by atoms with E-state index in [9.17, 15) is 4.79 Å². The Kier molecular flexibility index (Phi) is 5.28. The fourth-order valence-electron chi connectivity index (χ4n) is 2.20. The molecule has 24 heavy (non-hydrogen) atoms. The summed E-state index contributed by atoms with van der Waals surface area (Å²) in [6, 6.07) is 17.4. The van der Waals surface area contributed by atoms with Gasteiger partial charge in [-0.25, -0.2) is 9.78 Å². The predicted octanol–water partition coefficient (Wildman–Crippen LogP) is 3.52. The van der Waals surface area contributed by atoms with Crippen molar-refractivity contribution >= 4 is 27.6 Å². The molecule has 0 aliphatic carbocycles. The summed E-state index contributed by atoms with van der Waals surface area (Å²) in [7, 11) is 1.75. The summed E-state index contributed by atoms with van der Waals surface area (Å²) in [5.74, 6) is 0.806. The Morgan fingerprint density at radius 3 is 2.71 bits per heavy atom. The molecule has 5 nitrogen and oxygen atoms in total. The molecule has 0 saturated heterocycles. The van der Waals surface area contributed by atoms with Crippen molar-refractivity contribution < 1.29 is 9.53 Å². The number of carbonyl (C=O) groups is 1. The van der Waals surface area contributed by atoms with Crippen molar-refractivity contribution in [1.29, 1.82) is 0 Å². The van der Waals surface area contributed by atoms with Gasteiger partial charge in [-0.15, -0.1) is 11.3 Å². The number of carbonyl (C=O) groups excluding carboxylic acids is 1. The minimum atomic E-state index is -0.133. The van der Waals surface area contributed by atoms with Crippen LogP contribution in [0.3, 0.4) is 0 Å². The van der Waals surface area contributed by atoms with Crippen LogP contribution in [0.25, 0.3) is 10.2 Å². The Bertz CT molecular complexity index is 771. The zero-order valence-corrected chi connectivity index (χ0v) is 14.3. The third-order valence-electron chi connectivity index (χ3n) is 3.51. The second kappa shape index (κ2) is 7.79. The largest absolute Gasteiger partial charge is 0.492 e. The molecule has 0 bridgehead atoms. The molecule has 1 heterocycles. The van der Waals surface area contributed by atoms with E-state index in [-0.39, 0.29) is 6.03 Å². The second-order valence-electron chi connectivity index (χ2n) is 5.32. The van der Waals surface area contributed by atoms with Crippen LogP contribution in [0.4, 0.5) is 4.79 Å². The fourth-order valence-corrected chi connectivity index (χ4v) is 3.11. The topological polar surface area (TPSA) is 54.5 Å². The summed E-state index contributed by atoms with van der Waals surface area (Å²) in [5, 5.41) is 3.79. The van der Waals surface area contributed by atoms with E-state index in [0.717, 1.165) is 21.0 Å². The van der Waals surface area contributed by atoms with Gasteiger partial charge in [0.1, 0.15) is 17.4 Å². The molecular weight excluding hydrogens is 322 g/mol. The van der Waals surface area contributed by atoms with Crippen molar-refractivity contribution in [3.63, 3.8) is 0 Å². The summed E-state index contributed by atoms with van der Waals surface area (Å²) in [5.41, 5.74) is 0.969. The van der Waals surface area contributed by atoms with E-state index < -0.39 is 0 Å². The van der Waals surface area contributed by atoms with Crippen molar-refractivity contribution in [1.82, 2.24) is 15.2 Å². The van der Waals surface area contributed by atoms with Gasteiger partial charge in [0, 0.05) is 7.05 Å². The molecule has 0 unspecified atom stereocenters. The third kappa shape index (κ3) is 4.23. The van der Waals surface area contributed by atoms with Crippen LogP contribution in [0.15, 0.2) is 54.6 Å². The number of hydrogen-bond acceptors (Lipinski definition) is 4. The van der Waals surface area contributed by atoms with Gasteiger partial charge in [-0.3, -0.25) is 0 Å². The maximum Gasteiger partial charge on any atom is 0.317 e. The second-order valence-corrected chi connectivity index (χ2v) is 6.43. The highest BCUT2D eigenvalue weighted by Crippen LogP contribution is 2.21. The number of fused-ring (bicyclic) bond motifs is 1. The highest BCUT2D eigenvalue weighted by atomic mass is 32.1. The molecule has 0 fully saturated rings. The zero-order valence-electron chi connectivity index (χ0n) is 13.4. The molecule has 0 spiro atoms. The van der Waals surface area contributed by atoms with Gasteiger partial charge < -0.3 is 15.0 Å². The lowest BCUT2D eigenvalue weighted by atomic mass is 10.3. The van der Waals surface area contributed by atoms with Gasteiger partial charge in [0.25, 0.3) is 0 Å². The molecule has 1 N–H and O–H groups in total. The van der Waals surface area contributed by atoms with Crippen LogP contribution in [0.5, 0.6) is 5.75 Å². The lowest BCUT2D eigenvalue weighted by Crippen LogP contribution is -2.39. The Balaban J connectivity index is 1.44. The molecule has 124 valence electrons. The van der Waals surface area contributed by atoms with E-state index in [4.69, 9.17) is 4.74 Å². The molecule has 3 aromatic rings. The molecule has 6 heteroatoms. The summed E-state index contributed by atoms with van der Waals surface area (Å²) in [6.07, 6.45) is 0. The molecule has 0 aliphatic heterocycles. The van der Waals surface area contributed by atoms with E-state index >= 15 is 0 Å². The molecule has 0 saturated carbocycles. The number of aromatic nitrogens is 1. The van der Waals surface area contributed by atoms with Gasteiger partial charge in [0.2, 0.25) is 0 Å². The number of thiazole rings is 1. The number of likely N-dealkylation sites (N-methyl/N-ethyl adjacent to an activating group) is 1. The molecule has 0 atom stereocenters. The third-order valence-corrected chi connectivity index (χ3v) is 4.55. The number of para-hydroxylation sites is 2. The van der Waals surface area contributed by atoms with Gasteiger partial charge in [-0.05, 0) is 24.3 Å². The van der Waals surface area contributed by atoms with E-state index in [0.29, 0.717) is 19.7 Å². The Hall–Kier alpha value is -2.60. The highest BCUT2D eigenvalue weighted by Gasteiger charge is 2.10. The maximum atomic E-state index is 12.1. The average Bonchev–Trinajstić information content (AvgIpc) is 3.03. The number of nitrogens with zero attached hydrogens (tertiary/aromatic N) is 2. The number of amides is 2. The SMILES string of the molecule is CN(CCOc1ccccc1)C(=O)NCc1nc2ccccc2s1. The standard InChI is InChI=1S/C18H19N3O2S/c1-21(11-12-23-14-7-3-2-4-8-14)18(22)19-13-17-20-15-9-5-6-10-16(15)24-17/h2-10H,11-13H2,1H3,(H,19,22). The average molecular weight is 341 g/mol. The van der Waals surface area contributed by atoms with Crippen LogP contribution in [-0.4, -0.2) is 36.1 Å². The van der Waals surface area contributed by atoms with Crippen LogP contribution in [-0.2, 0) is 6.54 Å². The highest BCUT2D eigenvalue weighted by molar-refractivity contribution is 7.18. The zero-order chi connectivity index (χ0) is 16.8. The van der Waals surface area contributed by atoms with E-state index in [1.165, 1.54) is 0 Å². The first-order valence-electron chi connectivity index (χ1n) is 7.73. The van der Waals surface area contributed by atoms with E-state index in [1.54, 1.807) is 23.3 Å². The Morgan fingerprint density at radius 2 is 1.92 bits per heavy atom. The molecule has 2 amide bonds. The summed E-state index contributed by atoms with van der Waals surface area (Å²) >= 11 is 1.60. The monoisotopic (exact) mass is 341 g/mol. The smallest absolute Gasteiger partial charge is 0.317 e. The van der Waals surface area contributed by atoms with Crippen molar-refractivity contribution in [2.45, 2.75) is 6.54 Å². The predicted molar refractivity (Wildman–Crippen MR) is 96.4 cm³/mol. The van der Waals surface area contributed by atoms with Crippen LogP contribution in [0.2, 0.25) is 0 Å². The first-order valence-corrected chi connectivity index (χ1v) is 8.55. The first-order chi connectivity index (χ1) is 11.7. The lowest BCUT2D eigenvalue weighted by Gasteiger charge is -2.17.